The highest BCUT2D eigenvalue weighted by Gasteiger charge is 2.18. The third-order valence-electron chi connectivity index (χ3n) is 3.05. The minimum atomic E-state index is -0.913. The van der Waals surface area contributed by atoms with Gasteiger partial charge in [-0.2, -0.15) is 0 Å². The number of amides is 2. The number of carboxylic acid groups (broad SMARTS) is 1. The average molecular weight is 274 g/mol. The Labute approximate surface area is 114 Å². The second kappa shape index (κ2) is 7.99. The number of nitrogens with zero attached hydrogens (tertiary/aromatic N) is 1. The van der Waals surface area contributed by atoms with Crippen LogP contribution in [0.4, 0.5) is 4.79 Å². The molecule has 0 rings (SSSR count). The van der Waals surface area contributed by atoms with E-state index in [0.717, 1.165) is 12.8 Å². The number of carbonyl (C=O) groups excluding carboxylic acids is 1. The van der Waals surface area contributed by atoms with E-state index in [2.05, 4.69) is 5.32 Å². The second-order valence-electron chi connectivity index (χ2n) is 5.78. The summed E-state index contributed by atoms with van der Waals surface area (Å²) in [6.07, 6.45) is 1.60. The number of aliphatic hydroxyl groups excluding tert-OH is 1. The van der Waals surface area contributed by atoms with Crippen molar-refractivity contribution in [1.82, 2.24) is 10.2 Å². The maximum atomic E-state index is 11.7. The van der Waals surface area contributed by atoms with Gasteiger partial charge in [0.05, 0.1) is 5.92 Å². The minimum absolute atomic E-state index is 0.122. The Morgan fingerprint density at radius 1 is 1.37 bits per heavy atom. The van der Waals surface area contributed by atoms with Gasteiger partial charge in [0.15, 0.2) is 0 Å². The van der Waals surface area contributed by atoms with Crippen molar-refractivity contribution in [3.63, 3.8) is 0 Å². The smallest absolute Gasteiger partial charge is 0.317 e. The monoisotopic (exact) mass is 274 g/mol. The maximum Gasteiger partial charge on any atom is 0.317 e. The molecule has 6 heteroatoms. The first-order chi connectivity index (χ1) is 8.69. The first-order valence-corrected chi connectivity index (χ1v) is 6.52. The molecule has 0 radical (unpaired) electrons. The van der Waals surface area contributed by atoms with Gasteiger partial charge in [0.2, 0.25) is 0 Å². The molecule has 0 aromatic rings. The van der Waals surface area contributed by atoms with Gasteiger partial charge in [0, 0.05) is 26.7 Å². The molecule has 0 fully saturated rings. The molecule has 1 atom stereocenters. The summed E-state index contributed by atoms with van der Waals surface area (Å²) in [5.41, 5.74) is -0.131. The molecule has 6 nitrogen and oxygen atoms in total. The van der Waals surface area contributed by atoms with Crippen molar-refractivity contribution in [2.75, 3.05) is 26.7 Å². The van der Waals surface area contributed by atoms with Gasteiger partial charge in [-0.1, -0.05) is 20.8 Å². The van der Waals surface area contributed by atoms with Crippen LogP contribution in [-0.4, -0.2) is 53.9 Å². The SMILES string of the molecule is CC(CN(C)C(=O)NCCCC(C)(C)CO)C(=O)O. The lowest BCUT2D eigenvalue weighted by atomic mass is 9.89. The Balaban J connectivity index is 3.89. The Hall–Kier alpha value is -1.30. The van der Waals surface area contributed by atoms with Crippen molar-refractivity contribution in [1.29, 1.82) is 0 Å². The highest BCUT2D eigenvalue weighted by Crippen LogP contribution is 2.20. The fourth-order valence-electron chi connectivity index (χ4n) is 1.55. The molecule has 0 aromatic heterocycles. The van der Waals surface area contributed by atoms with Gasteiger partial charge in [-0.3, -0.25) is 4.79 Å². The van der Waals surface area contributed by atoms with Crippen LogP contribution in [-0.2, 0) is 4.79 Å². The van der Waals surface area contributed by atoms with Gasteiger partial charge < -0.3 is 20.4 Å². The molecule has 0 bridgehead atoms. The maximum absolute atomic E-state index is 11.7. The van der Waals surface area contributed by atoms with E-state index in [-0.39, 0.29) is 24.6 Å². The second-order valence-corrected chi connectivity index (χ2v) is 5.78. The number of urea groups is 1. The van der Waals surface area contributed by atoms with Crippen LogP contribution < -0.4 is 5.32 Å². The molecule has 0 aliphatic rings. The van der Waals surface area contributed by atoms with E-state index < -0.39 is 11.9 Å². The molecule has 0 heterocycles. The summed E-state index contributed by atoms with van der Waals surface area (Å²) in [6.45, 7) is 6.33. The molecule has 3 N–H and O–H groups in total. The van der Waals surface area contributed by atoms with E-state index in [1.165, 1.54) is 4.90 Å². The van der Waals surface area contributed by atoms with Gasteiger partial charge in [-0.25, -0.2) is 4.79 Å². The number of hydrogen-bond acceptors (Lipinski definition) is 3. The fourth-order valence-corrected chi connectivity index (χ4v) is 1.55. The number of hydrogen-bond donors (Lipinski definition) is 3. The fraction of sp³-hybridized carbons (Fsp3) is 0.846. The Bertz CT molecular complexity index is 305. The van der Waals surface area contributed by atoms with Crippen LogP contribution >= 0.6 is 0 Å². The number of aliphatic carboxylic acids is 1. The van der Waals surface area contributed by atoms with E-state index >= 15 is 0 Å². The number of nitrogens with one attached hydrogen (secondary N) is 1. The van der Waals surface area contributed by atoms with Crippen LogP contribution in [0.5, 0.6) is 0 Å². The zero-order valence-corrected chi connectivity index (χ0v) is 12.3. The average Bonchev–Trinajstić information content (AvgIpc) is 2.34. The quantitative estimate of drug-likeness (QED) is 0.579. The van der Waals surface area contributed by atoms with Gasteiger partial charge in [0.1, 0.15) is 0 Å². The topological polar surface area (TPSA) is 89.9 Å². The highest BCUT2D eigenvalue weighted by molar-refractivity contribution is 5.75. The summed E-state index contributed by atoms with van der Waals surface area (Å²) in [6, 6.07) is -0.269. The molecule has 0 aliphatic heterocycles. The molecule has 0 spiro atoms. The molecular weight excluding hydrogens is 248 g/mol. The summed E-state index contributed by atoms with van der Waals surface area (Å²) in [5.74, 6) is -1.49. The van der Waals surface area contributed by atoms with Crippen LogP contribution in [0, 0.1) is 11.3 Å². The first kappa shape index (κ1) is 17.7. The molecule has 0 aliphatic carbocycles. The van der Waals surface area contributed by atoms with Crippen LogP contribution in [0.1, 0.15) is 33.6 Å². The summed E-state index contributed by atoms with van der Waals surface area (Å²) < 4.78 is 0. The van der Waals surface area contributed by atoms with Gasteiger partial charge in [-0.05, 0) is 18.3 Å². The minimum Gasteiger partial charge on any atom is -0.481 e. The largest absolute Gasteiger partial charge is 0.481 e. The van der Waals surface area contributed by atoms with Crippen molar-refractivity contribution in [2.45, 2.75) is 33.6 Å². The normalized spacial score (nSPS) is 12.9. The molecule has 19 heavy (non-hydrogen) atoms. The van der Waals surface area contributed by atoms with Gasteiger partial charge >= 0.3 is 12.0 Å². The van der Waals surface area contributed by atoms with Crippen LogP contribution in [0.25, 0.3) is 0 Å². The van der Waals surface area contributed by atoms with E-state index in [9.17, 15) is 9.59 Å². The summed E-state index contributed by atoms with van der Waals surface area (Å²) in [5, 5.41) is 20.6. The van der Waals surface area contributed by atoms with Crippen molar-refractivity contribution in [2.24, 2.45) is 11.3 Å². The van der Waals surface area contributed by atoms with Crippen LogP contribution in [0.3, 0.4) is 0 Å². The third kappa shape index (κ3) is 7.66. The number of rotatable bonds is 8. The Morgan fingerprint density at radius 3 is 2.42 bits per heavy atom. The summed E-state index contributed by atoms with van der Waals surface area (Å²) in [7, 11) is 1.58. The lowest BCUT2D eigenvalue weighted by Crippen LogP contribution is -2.41. The van der Waals surface area contributed by atoms with Crippen molar-refractivity contribution >= 4 is 12.0 Å². The molecular formula is C13H26N2O4. The van der Waals surface area contributed by atoms with Crippen LogP contribution in [0.15, 0.2) is 0 Å². The van der Waals surface area contributed by atoms with Crippen molar-refractivity contribution in [3.05, 3.63) is 0 Å². The lowest BCUT2D eigenvalue weighted by molar-refractivity contribution is -0.141. The molecule has 2 amide bonds. The van der Waals surface area contributed by atoms with E-state index in [4.69, 9.17) is 10.2 Å². The molecule has 0 saturated carbocycles. The zero-order chi connectivity index (χ0) is 15.1. The predicted octanol–water partition coefficient (Wildman–Crippen LogP) is 1.15. The van der Waals surface area contributed by atoms with E-state index in [1.807, 2.05) is 13.8 Å². The van der Waals surface area contributed by atoms with E-state index in [0.29, 0.717) is 6.54 Å². The summed E-state index contributed by atoms with van der Waals surface area (Å²) >= 11 is 0. The van der Waals surface area contributed by atoms with Crippen LogP contribution in [0.2, 0.25) is 0 Å². The van der Waals surface area contributed by atoms with Crippen molar-refractivity contribution in [3.8, 4) is 0 Å². The zero-order valence-electron chi connectivity index (χ0n) is 12.3. The Morgan fingerprint density at radius 2 is 1.95 bits per heavy atom. The van der Waals surface area contributed by atoms with E-state index in [1.54, 1.807) is 14.0 Å². The molecule has 0 aromatic carbocycles. The lowest BCUT2D eigenvalue weighted by Gasteiger charge is -2.22. The molecule has 112 valence electrons. The molecule has 0 saturated heterocycles. The third-order valence-corrected chi connectivity index (χ3v) is 3.05. The molecule has 1 unspecified atom stereocenters. The predicted molar refractivity (Wildman–Crippen MR) is 72.9 cm³/mol. The first-order valence-electron chi connectivity index (χ1n) is 6.52. The number of carbonyl (C=O) groups is 2. The Kier molecular flexibility index (Phi) is 7.44. The number of carboxylic acids is 1. The summed E-state index contributed by atoms with van der Waals surface area (Å²) in [4.78, 5) is 23.7. The number of aliphatic hydroxyl groups is 1. The standard InChI is InChI=1S/C13H26N2O4/c1-10(11(17)18)8-15(4)12(19)14-7-5-6-13(2,3)9-16/h10,16H,5-9H2,1-4H3,(H,14,19)(H,17,18). The van der Waals surface area contributed by atoms with Crippen molar-refractivity contribution < 1.29 is 19.8 Å². The highest BCUT2D eigenvalue weighted by atomic mass is 16.4. The van der Waals surface area contributed by atoms with Gasteiger partial charge in [0.25, 0.3) is 0 Å². The van der Waals surface area contributed by atoms with Gasteiger partial charge in [-0.15, -0.1) is 0 Å².